The van der Waals surface area contributed by atoms with Gasteiger partial charge >= 0.3 is 0 Å². The summed E-state index contributed by atoms with van der Waals surface area (Å²) in [4.78, 5) is 25.8. The van der Waals surface area contributed by atoms with E-state index in [1.807, 2.05) is 54.9 Å². The number of aromatic nitrogens is 2. The molecule has 2 aromatic carbocycles. The average Bonchev–Trinajstić information content (AvgIpc) is 3.35. The van der Waals surface area contributed by atoms with Gasteiger partial charge in [0.2, 0.25) is 0 Å². The number of thiophene rings is 1. The van der Waals surface area contributed by atoms with Gasteiger partial charge in [-0.3, -0.25) is 9.59 Å². The lowest BCUT2D eigenvalue weighted by Gasteiger charge is -2.08. The molecule has 0 unspecified atom stereocenters. The maximum Gasteiger partial charge on any atom is 0.265 e. The molecule has 2 heterocycles. The second kappa shape index (κ2) is 9.01. The van der Waals surface area contributed by atoms with Crippen LogP contribution in [-0.2, 0) is 4.79 Å². The summed E-state index contributed by atoms with van der Waals surface area (Å²) in [5, 5.41) is 11.2. The van der Waals surface area contributed by atoms with E-state index in [2.05, 4.69) is 15.7 Å². The predicted molar refractivity (Wildman–Crippen MR) is 122 cm³/mol. The van der Waals surface area contributed by atoms with E-state index in [1.54, 1.807) is 24.3 Å². The van der Waals surface area contributed by atoms with E-state index >= 15 is 0 Å². The van der Waals surface area contributed by atoms with Gasteiger partial charge in [-0.15, -0.1) is 11.3 Å². The van der Waals surface area contributed by atoms with Crippen molar-refractivity contribution in [3.8, 4) is 11.4 Å². The van der Waals surface area contributed by atoms with Gasteiger partial charge in [0, 0.05) is 17.6 Å². The van der Waals surface area contributed by atoms with Crippen LogP contribution in [0.15, 0.2) is 60.7 Å². The molecule has 0 aliphatic heterocycles. The van der Waals surface area contributed by atoms with E-state index in [1.165, 1.54) is 11.3 Å². The van der Waals surface area contributed by atoms with Gasteiger partial charge in [0.15, 0.2) is 6.61 Å². The lowest BCUT2D eigenvalue weighted by atomic mass is 10.2. The van der Waals surface area contributed by atoms with Crippen molar-refractivity contribution < 1.29 is 14.3 Å². The number of ether oxygens (including phenoxy) is 1. The minimum Gasteiger partial charge on any atom is -0.484 e. The molecule has 2 N–H and O–H groups in total. The summed E-state index contributed by atoms with van der Waals surface area (Å²) in [6.07, 6.45) is 0. The van der Waals surface area contributed by atoms with Crippen molar-refractivity contribution in [1.29, 1.82) is 0 Å². The van der Waals surface area contributed by atoms with Crippen molar-refractivity contribution in [3.63, 3.8) is 0 Å². The molecule has 4 aromatic rings. The first-order valence-corrected chi connectivity index (χ1v) is 10.7. The molecule has 4 rings (SSSR count). The van der Waals surface area contributed by atoms with E-state index in [-0.39, 0.29) is 18.4 Å². The highest BCUT2D eigenvalue weighted by molar-refractivity contribution is 7.20. The molecule has 0 spiro atoms. The van der Waals surface area contributed by atoms with Crippen molar-refractivity contribution in [2.24, 2.45) is 0 Å². The lowest BCUT2D eigenvalue weighted by molar-refractivity contribution is -0.122. The highest BCUT2D eigenvalue weighted by Gasteiger charge is 2.17. The van der Waals surface area contributed by atoms with E-state index in [0.29, 0.717) is 22.9 Å². The number of anilines is 1. The van der Waals surface area contributed by atoms with Crippen LogP contribution in [0.25, 0.3) is 15.9 Å². The first kappa shape index (κ1) is 20.6. The number of benzene rings is 2. The highest BCUT2D eigenvalue weighted by atomic mass is 32.1. The SMILES string of the molecule is CCNC(=O)COc1ccc(NC(=O)c2cc3c(C)nn(-c4ccccc4)c3s2)cc1. The zero-order chi connectivity index (χ0) is 21.8. The Balaban J connectivity index is 1.47. The molecule has 7 nitrogen and oxygen atoms in total. The number of aryl methyl sites for hydroxylation is 1. The van der Waals surface area contributed by atoms with Gasteiger partial charge in [0.25, 0.3) is 11.8 Å². The third kappa shape index (κ3) is 4.59. The molecule has 0 saturated carbocycles. The van der Waals surface area contributed by atoms with Crippen LogP contribution in [0.5, 0.6) is 5.75 Å². The zero-order valence-electron chi connectivity index (χ0n) is 17.2. The lowest BCUT2D eigenvalue weighted by Crippen LogP contribution is -2.28. The maximum absolute atomic E-state index is 12.8. The van der Waals surface area contributed by atoms with Crippen LogP contribution < -0.4 is 15.4 Å². The quantitative estimate of drug-likeness (QED) is 0.457. The van der Waals surface area contributed by atoms with Crippen LogP contribution >= 0.6 is 11.3 Å². The third-order valence-electron chi connectivity index (χ3n) is 4.63. The molecular weight excluding hydrogens is 412 g/mol. The number of rotatable bonds is 7. The van der Waals surface area contributed by atoms with Gasteiger partial charge in [-0.25, -0.2) is 4.68 Å². The Morgan fingerprint density at radius 1 is 1.10 bits per heavy atom. The van der Waals surface area contributed by atoms with Crippen LogP contribution in [0.4, 0.5) is 5.69 Å². The topological polar surface area (TPSA) is 85.2 Å². The average molecular weight is 435 g/mol. The fourth-order valence-electron chi connectivity index (χ4n) is 3.13. The smallest absolute Gasteiger partial charge is 0.265 e. The molecule has 8 heteroatoms. The van der Waals surface area contributed by atoms with Gasteiger partial charge in [0.05, 0.1) is 16.3 Å². The van der Waals surface area contributed by atoms with E-state index < -0.39 is 0 Å². The second-order valence-corrected chi connectivity index (χ2v) is 7.91. The standard InChI is InChI=1S/C23H22N4O3S/c1-3-24-21(28)14-30-18-11-9-16(10-12-18)25-22(29)20-13-19-15(2)26-27(23(19)31-20)17-7-5-4-6-8-17/h4-13H,3,14H2,1-2H3,(H,24,28)(H,25,29). The zero-order valence-corrected chi connectivity index (χ0v) is 18.0. The number of nitrogens with one attached hydrogen (secondary N) is 2. The van der Waals surface area contributed by atoms with Gasteiger partial charge in [0.1, 0.15) is 10.6 Å². The van der Waals surface area contributed by atoms with E-state index in [9.17, 15) is 9.59 Å². The number of para-hydroxylation sites is 1. The summed E-state index contributed by atoms with van der Waals surface area (Å²) >= 11 is 1.41. The summed E-state index contributed by atoms with van der Waals surface area (Å²) in [5.74, 6) is 0.204. The number of carbonyl (C=O) groups excluding carboxylic acids is 2. The van der Waals surface area contributed by atoms with E-state index in [0.717, 1.165) is 21.6 Å². The van der Waals surface area contributed by atoms with Crippen molar-refractivity contribution in [2.45, 2.75) is 13.8 Å². The van der Waals surface area contributed by atoms with Gasteiger partial charge in [-0.1, -0.05) is 18.2 Å². The van der Waals surface area contributed by atoms with Crippen LogP contribution in [-0.4, -0.2) is 34.7 Å². The summed E-state index contributed by atoms with van der Waals surface area (Å²) in [6.45, 7) is 4.31. The predicted octanol–water partition coefficient (Wildman–Crippen LogP) is 4.16. The summed E-state index contributed by atoms with van der Waals surface area (Å²) in [5.41, 5.74) is 2.48. The van der Waals surface area contributed by atoms with Crippen LogP contribution in [0.3, 0.4) is 0 Å². The number of amides is 2. The Bertz CT molecular complexity index is 1210. The Morgan fingerprint density at radius 2 is 1.84 bits per heavy atom. The molecule has 0 atom stereocenters. The number of hydrogen-bond acceptors (Lipinski definition) is 5. The summed E-state index contributed by atoms with van der Waals surface area (Å²) in [6, 6.07) is 18.7. The molecule has 0 aliphatic rings. The Morgan fingerprint density at radius 3 is 2.55 bits per heavy atom. The van der Waals surface area contributed by atoms with Gasteiger partial charge in [-0.05, 0) is 56.3 Å². The fraction of sp³-hybridized carbons (Fsp3) is 0.174. The van der Waals surface area contributed by atoms with Crippen LogP contribution in [0.1, 0.15) is 22.3 Å². The van der Waals surface area contributed by atoms with Crippen molar-refractivity contribution in [2.75, 3.05) is 18.5 Å². The van der Waals surface area contributed by atoms with Crippen LogP contribution in [0.2, 0.25) is 0 Å². The number of fused-ring (bicyclic) bond motifs is 1. The molecule has 2 amide bonds. The minimum atomic E-state index is -0.184. The highest BCUT2D eigenvalue weighted by Crippen LogP contribution is 2.31. The molecule has 0 fully saturated rings. The van der Waals surface area contributed by atoms with Crippen LogP contribution in [0, 0.1) is 6.92 Å². The van der Waals surface area contributed by atoms with Gasteiger partial charge < -0.3 is 15.4 Å². The molecule has 158 valence electrons. The minimum absolute atomic E-state index is 0.0425. The fourth-order valence-corrected chi connectivity index (χ4v) is 4.21. The Labute approximate surface area is 183 Å². The van der Waals surface area contributed by atoms with Gasteiger partial charge in [-0.2, -0.15) is 5.10 Å². The molecule has 31 heavy (non-hydrogen) atoms. The van der Waals surface area contributed by atoms with E-state index in [4.69, 9.17) is 4.74 Å². The largest absolute Gasteiger partial charge is 0.484 e. The molecule has 0 bridgehead atoms. The molecular formula is C23H22N4O3S. The maximum atomic E-state index is 12.8. The van der Waals surface area contributed by atoms with Crippen molar-refractivity contribution >= 4 is 39.1 Å². The molecule has 2 aromatic heterocycles. The Hall–Kier alpha value is -3.65. The first-order chi connectivity index (χ1) is 15.0. The number of likely N-dealkylation sites (N-methyl/N-ethyl adjacent to an activating group) is 1. The molecule has 0 aliphatic carbocycles. The second-order valence-electron chi connectivity index (χ2n) is 6.88. The van der Waals surface area contributed by atoms with Crippen molar-refractivity contribution in [3.05, 3.63) is 71.2 Å². The first-order valence-electron chi connectivity index (χ1n) is 9.90. The van der Waals surface area contributed by atoms with Crippen molar-refractivity contribution in [1.82, 2.24) is 15.1 Å². The number of carbonyl (C=O) groups is 2. The number of nitrogens with zero attached hydrogens (tertiary/aromatic N) is 2. The summed E-state index contributed by atoms with van der Waals surface area (Å²) < 4.78 is 7.30. The Kier molecular flexibility index (Phi) is 5.99. The summed E-state index contributed by atoms with van der Waals surface area (Å²) in [7, 11) is 0. The molecule has 0 radical (unpaired) electrons. The number of hydrogen-bond donors (Lipinski definition) is 2. The third-order valence-corrected chi connectivity index (χ3v) is 5.73. The molecule has 0 saturated heterocycles. The normalized spacial score (nSPS) is 10.8. The monoisotopic (exact) mass is 434 g/mol.